The molecule has 11 heavy (non-hydrogen) atoms. The number of aliphatic hydroxyl groups excluding tert-OH is 1. The van der Waals surface area contributed by atoms with Crippen LogP contribution in [-0.4, -0.2) is 10.9 Å². The summed E-state index contributed by atoms with van der Waals surface area (Å²) in [4.78, 5) is 0. The summed E-state index contributed by atoms with van der Waals surface area (Å²) in [5.74, 6) is -1.78. The van der Waals surface area contributed by atoms with Gasteiger partial charge in [-0.2, -0.15) is 4.39 Å². The van der Waals surface area contributed by atoms with Crippen LogP contribution >= 0.6 is 0 Å². The Bertz CT molecular complexity index is 167. The van der Waals surface area contributed by atoms with E-state index in [2.05, 4.69) is 9.47 Å². The zero-order chi connectivity index (χ0) is 7.78. The maximum Gasteiger partial charge on any atom is 0.358 e. The largest absolute Gasteiger partial charge is 0.476 e. The SMILES string of the molecule is CCC1(C)OC(O)=C(F)O1.[Rf]. The second-order valence-corrected chi connectivity index (χ2v) is 2.27. The van der Waals surface area contributed by atoms with E-state index < -0.39 is 17.7 Å². The van der Waals surface area contributed by atoms with Gasteiger partial charge in [-0.25, -0.2) is 0 Å². The Balaban J connectivity index is 0.000001000. The summed E-state index contributed by atoms with van der Waals surface area (Å²) in [6.45, 7) is 3.32. The second-order valence-electron chi connectivity index (χ2n) is 2.27. The minimum Gasteiger partial charge on any atom is -0.476 e. The van der Waals surface area contributed by atoms with Crippen molar-refractivity contribution in [2.24, 2.45) is 0 Å². The van der Waals surface area contributed by atoms with Gasteiger partial charge in [0.1, 0.15) is 0 Å². The van der Waals surface area contributed by atoms with E-state index in [1.165, 1.54) is 0 Å². The van der Waals surface area contributed by atoms with Crippen molar-refractivity contribution in [3.8, 4) is 0 Å². The molecule has 5 heteroatoms. The van der Waals surface area contributed by atoms with Crippen molar-refractivity contribution >= 4 is 0 Å². The average molecular weight is 415 g/mol. The first-order valence-electron chi connectivity index (χ1n) is 3.04. The third kappa shape index (κ3) is 1.31. The van der Waals surface area contributed by atoms with E-state index in [0.29, 0.717) is 6.42 Å². The van der Waals surface area contributed by atoms with Crippen LogP contribution in [0.15, 0.2) is 12.0 Å². The molecule has 60 valence electrons. The van der Waals surface area contributed by atoms with Crippen LogP contribution in [0.4, 0.5) is 4.39 Å². The van der Waals surface area contributed by atoms with Crippen LogP contribution in [0.3, 0.4) is 0 Å². The number of hydrogen-bond acceptors (Lipinski definition) is 3. The van der Waals surface area contributed by atoms with E-state index in [4.69, 9.17) is 5.11 Å². The standard InChI is InChI=1S/C6H9FO3.Rf/c1-3-6(2)9-4(7)5(8)10-6;/h8H,3H2,1-2H3;. The van der Waals surface area contributed by atoms with Gasteiger partial charge in [0.25, 0.3) is 5.79 Å². The summed E-state index contributed by atoms with van der Waals surface area (Å²) in [5.41, 5.74) is 0. The average Bonchev–Trinajstić information content (AvgIpc) is 2.10. The van der Waals surface area contributed by atoms with Crippen molar-refractivity contribution < 1.29 is 19.0 Å². The zero-order valence-electron chi connectivity index (χ0n) is 6.56. The Morgan fingerprint density at radius 2 is 2.09 bits per heavy atom. The van der Waals surface area contributed by atoms with Crippen LogP contribution in [0.2, 0.25) is 0 Å². The second kappa shape index (κ2) is 2.36. The molecule has 1 N–H and O–H groups in total. The number of aliphatic hydroxyl groups is 1. The Morgan fingerprint density at radius 3 is 2.27 bits per heavy atom. The minimum absolute atomic E-state index is 0. The van der Waals surface area contributed by atoms with Crippen LogP contribution in [0.25, 0.3) is 0 Å². The summed E-state index contributed by atoms with van der Waals surface area (Å²) < 4.78 is 21.5. The fourth-order valence-electron chi connectivity index (χ4n) is 0.643. The molecule has 0 spiro atoms. The summed E-state index contributed by atoms with van der Waals surface area (Å²) in [7, 11) is 0. The summed E-state index contributed by atoms with van der Waals surface area (Å²) >= 11 is 0. The van der Waals surface area contributed by atoms with E-state index in [0.717, 1.165) is 0 Å². The Morgan fingerprint density at radius 1 is 1.55 bits per heavy atom. The van der Waals surface area contributed by atoms with Crippen molar-refractivity contribution in [2.45, 2.75) is 26.1 Å². The Kier molecular flexibility index (Phi) is 1.95. The molecule has 1 atom stereocenters. The van der Waals surface area contributed by atoms with Crippen LogP contribution < -0.4 is 0 Å². The normalized spacial score (nSPS) is 29.0. The van der Waals surface area contributed by atoms with Gasteiger partial charge in [0.15, 0.2) is 0 Å². The van der Waals surface area contributed by atoms with E-state index in [1.54, 1.807) is 13.8 Å². The molecule has 0 fully saturated rings. The quantitative estimate of drug-likeness (QED) is 0.711. The van der Waals surface area contributed by atoms with E-state index >= 15 is 0 Å². The fourth-order valence-corrected chi connectivity index (χ4v) is 0.643. The molecule has 0 aromatic carbocycles. The molecule has 0 amide bonds. The molecule has 1 rings (SSSR count). The van der Waals surface area contributed by atoms with Gasteiger partial charge in [-0.1, -0.05) is 6.92 Å². The zero-order valence-corrected chi connectivity index (χ0v) is 13.0. The number of halogens is 1. The number of hydrogen-bond donors (Lipinski definition) is 1. The van der Waals surface area contributed by atoms with E-state index in [-0.39, 0.29) is 0 Å². The molecule has 1 heterocycles. The van der Waals surface area contributed by atoms with Gasteiger partial charge in [0.2, 0.25) is 0 Å². The van der Waals surface area contributed by atoms with Gasteiger partial charge in [0.05, 0.1) is 0 Å². The van der Waals surface area contributed by atoms with Gasteiger partial charge >= 0.3 is 12.0 Å². The van der Waals surface area contributed by atoms with E-state index in [9.17, 15) is 4.39 Å². The predicted molar refractivity (Wildman–Crippen MR) is 31.6 cm³/mol. The smallest absolute Gasteiger partial charge is 0.358 e. The summed E-state index contributed by atoms with van der Waals surface area (Å²) in [6.07, 6.45) is 0.477. The van der Waals surface area contributed by atoms with Crippen molar-refractivity contribution in [2.75, 3.05) is 0 Å². The molecule has 0 saturated carbocycles. The first kappa shape index (κ1) is 9.07. The first-order valence-corrected chi connectivity index (χ1v) is 3.04. The molecule has 1 aliphatic heterocycles. The van der Waals surface area contributed by atoms with Crippen molar-refractivity contribution in [3.05, 3.63) is 12.0 Å². The van der Waals surface area contributed by atoms with Crippen LogP contribution in [0.5, 0.6) is 0 Å². The topological polar surface area (TPSA) is 38.7 Å². The van der Waals surface area contributed by atoms with Crippen molar-refractivity contribution in [1.82, 2.24) is 0 Å². The molecule has 3 nitrogen and oxygen atoms in total. The van der Waals surface area contributed by atoms with Crippen LogP contribution in [0, 0.1) is 0 Å². The van der Waals surface area contributed by atoms with E-state index in [1.807, 2.05) is 0 Å². The molecule has 1 unspecified atom stereocenters. The molecule has 0 aromatic heterocycles. The molecule has 0 aromatic rings. The third-order valence-corrected chi connectivity index (χ3v) is 1.43. The maximum absolute atomic E-state index is 12.3. The monoisotopic (exact) mass is 415 g/mol. The molecule has 0 aliphatic carbocycles. The fraction of sp³-hybridized carbons (Fsp3) is 0.667. The molecular formula is C6H9FO3Rf. The molecule has 0 bridgehead atoms. The van der Waals surface area contributed by atoms with Crippen LogP contribution in [-0.2, 0) is 9.47 Å². The predicted octanol–water partition coefficient (Wildman–Crippen LogP) is 1.81. The van der Waals surface area contributed by atoms with Gasteiger partial charge in [0, 0.05) is 13.3 Å². The van der Waals surface area contributed by atoms with Crippen LogP contribution in [0.1, 0.15) is 20.3 Å². The van der Waals surface area contributed by atoms with Gasteiger partial charge in [-0.05, 0) is 0 Å². The van der Waals surface area contributed by atoms with Gasteiger partial charge in [-0.15, -0.1) is 0 Å². The summed E-state index contributed by atoms with van der Waals surface area (Å²) in [5, 5.41) is 8.62. The molecular weight excluding hydrogens is 406 g/mol. The minimum atomic E-state index is -1.04. The number of ether oxygens (including phenoxy) is 2. The van der Waals surface area contributed by atoms with Gasteiger partial charge in [-0.3, -0.25) is 0 Å². The maximum atomic E-state index is 12.3. The first-order chi connectivity index (χ1) is 4.57. The van der Waals surface area contributed by atoms with Gasteiger partial charge < -0.3 is 14.6 Å². The van der Waals surface area contributed by atoms with Crippen molar-refractivity contribution in [3.63, 3.8) is 0 Å². The Hall–Kier alpha value is -1.93. The summed E-state index contributed by atoms with van der Waals surface area (Å²) in [6, 6.07) is -1.04. The Labute approximate surface area is 58.1 Å². The molecule has 0 saturated heterocycles. The van der Waals surface area contributed by atoms with Crippen molar-refractivity contribution in [1.29, 1.82) is 0 Å². The molecule has 0 radical (unpaired) electrons. The number of rotatable bonds is 1. The third-order valence-electron chi connectivity index (χ3n) is 1.43. The molecule has 1 aliphatic rings.